The third-order valence-electron chi connectivity index (χ3n) is 2.31. The molecule has 2 aromatic carbocycles. The Morgan fingerprint density at radius 2 is 1.65 bits per heavy atom. The lowest BCUT2D eigenvalue weighted by molar-refractivity contribution is 0.0471. The Morgan fingerprint density at radius 3 is 2.35 bits per heavy atom. The van der Waals surface area contributed by atoms with Crippen LogP contribution in [-0.4, -0.2) is 5.97 Å². The summed E-state index contributed by atoms with van der Waals surface area (Å²) in [4.78, 5) is 11.8. The van der Waals surface area contributed by atoms with Gasteiger partial charge in [0.1, 0.15) is 6.61 Å². The van der Waals surface area contributed by atoms with E-state index >= 15 is 0 Å². The van der Waals surface area contributed by atoms with Crippen LogP contribution in [0.3, 0.4) is 0 Å². The fraction of sp³-hybridized carbons (Fsp3) is 0.0714. The number of carbonyl (C=O) groups excluding carboxylic acids is 1. The highest BCUT2D eigenvalue weighted by Gasteiger charge is 2.10. The van der Waals surface area contributed by atoms with Crippen molar-refractivity contribution in [2.24, 2.45) is 0 Å². The van der Waals surface area contributed by atoms with Crippen molar-refractivity contribution in [2.75, 3.05) is 0 Å². The summed E-state index contributed by atoms with van der Waals surface area (Å²) in [5.74, 6) is -0.279. The first-order chi connectivity index (χ1) is 8.27. The van der Waals surface area contributed by atoms with E-state index in [1.807, 2.05) is 48.5 Å². The van der Waals surface area contributed by atoms with Gasteiger partial charge in [0.15, 0.2) is 0 Å². The second-order valence-electron chi connectivity index (χ2n) is 3.54. The molecule has 0 heterocycles. The summed E-state index contributed by atoms with van der Waals surface area (Å²) in [5, 5.41) is 0. The van der Waals surface area contributed by atoms with E-state index in [4.69, 9.17) is 4.74 Å². The van der Waals surface area contributed by atoms with Gasteiger partial charge in [0.05, 0.1) is 5.56 Å². The fourth-order valence-corrected chi connectivity index (χ4v) is 2.04. The number of benzene rings is 2. The Balaban J connectivity index is 2.01. The molecule has 2 rings (SSSR count). The first-order valence-electron chi connectivity index (χ1n) is 5.23. The molecule has 0 aliphatic carbocycles. The van der Waals surface area contributed by atoms with E-state index in [1.54, 1.807) is 6.07 Å². The molecule has 0 N–H and O–H groups in total. The van der Waals surface area contributed by atoms with E-state index in [-0.39, 0.29) is 5.97 Å². The molecule has 0 spiro atoms. The summed E-state index contributed by atoms with van der Waals surface area (Å²) in [6, 6.07) is 17.1. The fourth-order valence-electron chi connectivity index (χ4n) is 1.43. The lowest BCUT2D eigenvalue weighted by Gasteiger charge is -2.06. The first-order valence-corrected chi connectivity index (χ1v) is 6.31. The molecule has 2 nitrogen and oxygen atoms in total. The number of rotatable bonds is 3. The van der Waals surface area contributed by atoms with Crippen molar-refractivity contribution in [1.82, 2.24) is 0 Å². The highest BCUT2D eigenvalue weighted by atomic mass is 127. The van der Waals surface area contributed by atoms with Crippen LogP contribution in [0.5, 0.6) is 0 Å². The van der Waals surface area contributed by atoms with Gasteiger partial charge in [-0.05, 0) is 40.3 Å². The average molecular weight is 338 g/mol. The molecule has 0 aliphatic rings. The number of ether oxygens (including phenoxy) is 1. The highest BCUT2D eigenvalue weighted by molar-refractivity contribution is 14.1. The van der Waals surface area contributed by atoms with Gasteiger partial charge in [-0.1, -0.05) is 42.5 Å². The lowest BCUT2D eigenvalue weighted by Crippen LogP contribution is -2.06. The van der Waals surface area contributed by atoms with Crippen LogP contribution in [0, 0.1) is 3.57 Å². The zero-order valence-corrected chi connectivity index (χ0v) is 11.3. The number of esters is 1. The summed E-state index contributed by atoms with van der Waals surface area (Å²) in [5.41, 5.74) is 1.61. The van der Waals surface area contributed by atoms with Crippen molar-refractivity contribution in [3.8, 4) is 0 Å². The van der Waals surface area contributed by atoms with Gasteiger partial charge in [0.25, 0.3) is 0 Å². The van der Waals surface area contributed by atoms with E-state index in [2.05, 4.69) is 22.6 Å². The molecule has 0 bridgehead atoms. The maximum absolute atomic E-state index is 11.8. The van der Waals surface area contributed by atoms with Crippen molar-refractivity contribution in [3.05, 3.63) is 69.3 Å². The molecule has 0 aromatic heterocycles. The van der Waals surface area contributed by atoms with E-state index < -0.39 is 0 Å². The molecule has 2 aromatic rings. The predicted molar refractivity (Wildman–Crippen MR) is 74.7 cm³/mol. The number of halogens is 1. The molecule has 86 valence electrons. The second-order valence-corrected chi connectivity index (χ2v) is 4.70. The van der Waals surface area contributed by atoms with Crippen LogP contribution < -0.4 is 0 Å². The van der Waals surface area contributed by atoms with Crippen molar-refractivity contribution in [1.29, 1.82) is 0 Å². The van der Waals surface area contributed by atoms with Crippen LogP contribution in [0.2, 0.25) is 0 Å². The zero-order valence-electron chi connectivity index (χ0n) is 9.10. The van der Waals surface area contributed by atoms with Crippen molar-refractivity contribution >= 4 is 28.6 Å². The van der Waals surface area contributed by atoms with Crippen LogP contribution in [0.1, 0.15) is 15.9 Å². The molecule has 3 heteroatoms. The molecule has 0 radical (unpaired) electrons. The maximum atomic E-state index is 11.8. The van der Waals surface area contributed by atoms with Gasteiger partial charge in [-0.25, -0.2) is 4.79 Å². The summed E-state index contributed by atoms with van der Waals surface area (Å²) in [7, 11) is 0. The van der Waals surface area contributed by atoms with E-state index in [0.29, 0.717) is 12.2 Å². The molecular weight excluding hydrogens is 327 g/mol. The van der Waals surface area contributed by atoms with Crippen LogP contribution >= 0.6 is 22.6 Å². The van der Waals surface area contributed by atoms with Crippen molar-refractivity contribution < 1.29 is 9.53 Å². The van der Waals surface area contributed by atoms with Gasteiger partial charge in [0, 0.05) is 3.57 Å². The van der Waals surface area contributed by atoms with Crippen LogP contribution in [-0.2, 0) is 11.3 Å². The summed E-state index contributed by atoms with van der Waals surface area (Å²) >= 11 is 2.13. The quantitative estimate of drug-likeness (QED) is 0.631. The second kappa shape index (κ2) is 5.82. The standard InChI is InChI=1S/C14H11IO2/c15-13-9-5-4-8-12(13)14(16)17-10-11-6-2-1-3-7-11/h1-9H,10H2. The molecule has 0 aliphatic heterocycles. The molecule has 0 saturated carbocycles. The smallest absolute Gasteiger partial charge is 0.339 e. The topological polar surface area (TPSA) is 26.3 Å². The molecule has 0 saturated heterocycles. The minimum absolute atomic E-state index is 0.279. The Labute approximate surface area is 114 Å². The normalized spacial score (nSPS) is 9.94. The molecule has 17 heavy (non-hydrogen) atoms. The molecule has 0 unspecified atom stereocenters. The summed E-state index contributed by atoms with van der Waals surface area (Å²) in [6.45, 7) is 0.310. The van der Waals surface area contributed by atoms with Crippen LogP contribution in [0.15, 0.2) is 54.6 Å². The minimum Gasteiger partial charge on any atom is -0.457 e. The number of carbonyl (C=O) groups is 1. The summed E-state index contributed by atoms with van der Waals surface area (Å²) in [6.07, 6.45) is 0. The average Bonchev–Trinajstić information content (AvgIpc) is 2.38. The van der Waals surface area contributed by atoms with Crippen LogP contribution in [0.25, 0.3) is 0 Å². The highest BCUT2D eigenvalue weighted by Crippen LogP contribution is 2.13. The SMILES string of the molecule is O=C(OCc1ccccc1)c1ccccc1I. The monoisotopic (exact) mass is 338 g/mol. The molecule has 0 atom stereocenters. The minimum atomic E-state index is -0.279. The van der Waals surface area contributed by atoms with E-state index in [1.165, 1.54) is 0 Å². The molecular formula is C14H11IO2. The predicted octanol–water partition coefficient (Wildman–Crippen LogP) is 3.65. The Hall–Kier alpha value is -1.36. The van der Waals surface area contributed by atoms with Gasteiger partial charge in [0.2, 0.25) is 0 Å². The van der Waals surface area contributed by atoms with Crippen molar-refractivity contribution in [3.63, 3.8) is 0 Å². The Morgan fingerprint density at radius 1 is 1.00 bits per heavy atom. The van der Waals surface area contributed by atoms with Crippen LogP contribution in [0.4, 0.5) is 0 Å². The first kappa shape index (κ1) is 12.1. The third kappa shape index (κ3) is 3.30. The number of hydrogen-bond acceptors (Lipinski definition) is 2. The Bertz CT molecular complexity index is 509. The van der Waals surface area contributed by atoms with Gasteiger partial charge in [-0.3, -0.25) is 0 Å². The maximum Gasteiger partial charge on any atom is 0.339 e. The van der Waals surface area contributed by atoms with Gasteiger partial charge in [-0.15, -0.1) is 0 Å². The van der Waals surface area contributed by atoms with Gasteiger partial charge in [-0.2, -0.15) is 0 Å². The summed E-state index contributed by atoms with van der Waals surface area (Å²) < 4.78 is 6.16. The molecule has 0 amide bonds. The van der Waals surface area contributed by atoms with E-state index in [0.717, 1.165) is 9.13 Å². The van der Waals surface area contributed by atoms with Crippen molar-refractivity contribution in [2.45, 2.75) is 6.61 Å². The third-order valence-corrected chi connectivity index (χ3v) is 3.25. The van der Waals surface area contributed by atoms with Gasteiger partial charge >= 0.3 is 5.97 Å². The van der Waals surface area contributed by atoms with Gasteiger partial charge < -0.3 is 4.74 Å². The lowest BCUT2D eigenvalue weighted by atomic mass is 10.2. The molecule has 0 fully saturated rings. The largest absolute Gasteiger partial charge is 0.457 e. The number of hydrogen-bond donors (Lipinski definition) is 0. The zero-order chi connectivity index (χ0) is 12.1. The Kier molecular flexibility index (Phi) is 4.14. The van der Waals surface area contributed by atoms with E-state index in [9.17, 15) is 4.79 Å².